The van der Waals surface area contributed by atoms with Crippen molar-refractivity contribution in [2.45, 2.75) is 44.3 Å². The van der Waals surface area contributed by atoms with E-state index in [-0.39, 0.29) is 0 Å². The van der Waals surface area contributed by atoms with Crippen LogP contribution in [0, 0.1) is 5.92 Å². The number of thioether (sulfide) groups is 1. The summed E-state index contributed by atoms with van der Waals surface area (Å²) in [6, 6.07) is 5.09. The van der Waals surface area contributed by atoms with Gasteiger partial charge in [0.2, 0.25) is 0 Å². The van der Waals surface area contributed by atoms with E-state index in [1.54, 1.807) is 0 Å². The third-order valence-electron chi connectivity index (χ3n) is 2.53. The topological polar surface area (TPSA) is 24.9 Å². The average molecular weight is 236 g/mol. The highest BCUT2D eigenvalue weighted by atomic mass is 32.2. The number of hydrogen-bond donors (Lipinski definition) is 1. The van der Waals surface area contributed by atoms with Gasteiger partial charge in [0.25, 0.3) is 0 Å². The lowest BCUT2D eigenvalue weighted by Crippen LogP contribution is -2.15. The molecule has 0 amide bonds. The third-order valence-corrected chi connectivity index (χ3v) is 3.90. The summed E-state index contributed by atoms with van der Waals surface area (Å²) in [5.41, 5.74) is 1.29. The van der Waals surface area contributed by atoms with Gasteiger partial charge in [-0.2, -0.15) is 0 Å². The van der Waals surface area contributed by atoms with Crippen LogP contribution in [0.2, 0.25) is 0 Å². The normalized spacial score (nSPS) is 15.7. The van der Waals surface area contributed by atoms with Crippen molar-refractivity contribution in [3.05, 3.63) is 23.9 Å². The second-order valence-corrected chi connectivity index (χ2v) is 5.90. The highest BCUT2D eigenvalue weighted by Gasteiger charge is 2.19. The van der Waals surface area contributed by atoms with E-state index in [2.05, 4.69) is 36.3 Å². The summed E-state index contributed by atoms with van der Waals surface area (Å²) in [7, 11) is 0. The van der Waals surface area contributed by atoms with Crippen LogP contribution in [0.3, 0.4) is 0 Å². The summed E-state index contributed by atoms with van der Waals surface area (Å²) in [6.45, 7) is 5.44. The van der Waals surface area contributed by atoms with Crippen molar-refractivity contribution in [1.29, 1.82) is 0 Å². The van der Waals surface area contributed by atoms with Gasteiger partial charge in [0, 0.05) is 24.5 Å². The second kappa shape index (κ2) is 5.69. The van der Waals surface area contributed by atoms with Gasteiger partial charge < -0.3 is 5.32 Å². The average Bonchev–Trinajstić information content (AvgIpc) is 3.09. The maximum Gasteiger partial charge on any atom is 0.0960 e. The smallest absolute Gasteiger partial charge is 0.0960 e. The van der Waals surface area contributed by atoms with Gasteiger partial charge in [-0.05, 0) is 30.4 Å². The van der Waals surface area contributed by atoms with Gasteiger partial charge in [-0.25, -0.2) is 4.98 Å². The zero-order valence-electron chi connectivity index (χ0n) is 10.1. The Morgan fingerprint density at radius 3 is 2.81 bits per heavy atom. The van der Waals surface area contributed by atoms with Crippen LogP contribution in [0.15, 0.2) is 23.4 Å². The first-order valence-corrected chi connectivity index (χ1v) is 7.03. The van der Waals surface area contributed by atoms with Crippen LogP contribution in [0.5, 0.6) is 0 Å². The van der Waals surface area contributed by atoms with Crippen LogP contribution in [0.1, 0.15) is 32.3 Å². The lowest BCUT2D eigenvalue weighted by atomic mass is 10.3. The summed E-state index contributed by atoms with van der Waals surface area (Å²) >= 11 is 1.84. The third kappa shape index (κ3) is 4.14. The van der Waals surface area contributed by atoms with Crippen molar-refractivity contribution >= 4 is 11.8 Å². The molecule has 0 atom stereocenters. The molecule has 3 heteroatoms. The van der Waals surface area contributed by atoms with Crippen molar-refractivity contribution in [2.75, 3.05) is 5.75 Å². The molecule has 1 aromatic heterocycles. The van der Waals surface area contributed by atoms with Gasteiger partial charge in [-0.3, -0.25) is 0 Å². The van der Waals surface area contributed by atoms with Crippen LogP contribution < -0.4 is 5.32 Å². The molecule has 1 N–H and O–H groups in total. The quantitative estimate of drug-likeness (QED) is 0.768. The molecule has 1 fully saturated rings. The molecule has 1 aliphatic rings. The van der Waals surface area contributed by atoms with E-state index in [4.69, 9.17) is 0 Å². The molecule has 0 bridgehead atoms. The molecule has 1 aromatic rings. The summed E-state index contributed by atoms with van der Waals surface area (Å²) < 4.78 is 0. The van der Waals surface area contributed by atoms with Crippen LogP contribution >= 0.6 is 11.8 Å². The van der Waals surface area contributed by atoms with Crippen molar-refractivity contribution in [3.8, 4) is 0 Å². The molecule has 2 rings (SSSR count). The van der Waals surface area contributed by atoms with Crippen molar-refractivity contribution in [1.82, 2.24) is 10.3 Å². The molecule has 2 nitrogen and oxygen atoms in total. The SMILES string of the molecule is CC(C)CSc1ccc(CNC2CC2)cn1. The van der Waals surface area contributed by atoms with Gasteiger partial charge in [-0.1, -0.05) is 19.9 Å². The van der Waals surface area contributed by atoms with Gasteiger partial charge >= 0.3 is 0 Å². The zero-order chi connectivity index (χ0) is 11.4. The fraction of sp³-hybridized carbons (Fsp3) is 0.615. The van der Waals surface area contributed by atoms with Crippen molar-refractivity contribution in [2.24, 2.45) is 5.92 Å². The number of hydrogen-bond acceptors (Lipinski definition) is 3. The molecule has 0 saturated heterocycles. The van der Waals surface area contributed by atoms with Crippen LogP contribution in [-0.2, 0) is 6.54 Å². The number of nitrogens with one attached hydrogen (secondary N) is 1. The monoisotopic (exact) mass is 236 g/mol. The predicted octanol–water partition coefficient (Wildman–Crippen LogP) is 3.08. The number of rotatable bonds is 6. The molecule has 0 radical (unpaired) electrons. The molecule has 0 aliphatic heterocycles. The van der Waals surface area contributed by atoms with Crippen molar-refractivity contribution in [3.63, 3.8) is 0 Å². The molecule has 1 aliphatic carbocycles. The van der Waals surface area contributed by atoms with Crippen LogP contribution in [-0.4, -0.2) is 16.8 Å². The fourth-order valence-electron chi connectivity index (χ4n) is 1.40. The molecule has 0 spiro atoms. The Kier molecular flexibility index (Phi) is 4.24. The Balaban J connectivity index is 1.78. The van der Waals surface area contributed by atoms with E-state index < -0.39 is 0 Å². The number of aromatic nitrogens is 1. The zero-order valence-corrected chi connectivity index (χ0v) is 10.9. The standard InChI is InChI=1S/C13H20N2S/c1-10(2)9-16-13-6-3-11(8-15-13)7-14-12-4-5-12/h3,6,8,10,12,14H,4-5,7,9H2,1-2H3. The summed E-state index contributed by atoms with van der Waals surface area (Å²) in [4.78, 5) is 4.47. The molecule has 16 heavy (non-hydrogen) atoms. The molecular formula is C13H20N2S. The maximum absolute atomic E-state index is 4.47. The first-order chi connectivity index (χ1) is 7.74. The maximum atomic E-state index is 4.47. The highest BCUT2D eigenvalue weighted by molar-refractivity contribution is 7.99. The Bertz CT molecular complexity index is 292. The highest BCUT2D eigenvalue weighted by Crippen LogP contribution is 2.20. The predicted molar refractivity (Wildman–Crippen MR) is 69.7 cm³/mol. The van der Waals surface area contributed by atoms with Crippen molar-refractivity contribution < 1.29 is 0 Å². The lowest BCUT2D eigenvalue weighted by molar-refractivity contribution is 0.684. The Labute approximate surface area is 102 Å². The number of pyridine rings is 1. The molecular weight excluding hydrogens is 216 g/mol. The minimum absolute atomic E-state index is 0.725. The Hall–Kier alpha value is -0.540. The summed E-state index contributed by atoms with van der Waals surface area (Å²) in [6.07, 6.45) is 4.68. The first-order valence-electron chi connectivity index (χ1n) is 6.05. The summed E-state index contributed by atoms with van der Waals surface area (Å²) in [5, 5.41) is 4.64. The Morgan fingerprint density at radius 1 is 1.44 bits per heavy atom. The molecule has 88 valence electrons. The summed E-state index contributed by atoms with van der Waals surface area (Å²) in [5.74, 6) is 1.87. The van der Waals surface area contributed by atoms with Gasteiger partial charge in [0.05, 0.1) is 5.03 Å². The van der Waals surface area contributed by atoms with Gasteiger partial charge in [0.15, 0.2) is 0 Å². The van der Waals surface area contributed by atoms with Crippen LogP contribution in [0.4, 0.5) is 0 Å². The fourth-order valence-corrected chi connectivity index (χ4v) is 2.20. The largest absolute Gasteiger partial charge is 0.310 e. The molecule has 1 heterocycles. The minimum atomic E-state index is 0.725. The molecule has 0 unspecified atom stereocenters. The van der Waals surface area contributed by atoms with Gasteiger partial charge in [-0.15, -0.1) is 11.8 Å². The van der Waals surface area contributed by atoms with Crippen LogP contribution in [0.25, 0.3) is 0 Å². The lowest BCUT2D eigenvalue weighted by Gasteiger charge is -2.05. The van der Waals surface area contributed by atoms with E-state index in [1.807, 2.05) is 18.0 Å². The number of nitrogens with zero attached hydrogens (tertiary/aromatic N) is 1. The Morgan fingerprint density at radius 2 is 2.25 bits per heavy atom. The first kappa shape index (κ1) is 11.9. The van der Waals surface area contributed by atoms with E-state index >= 15 is 0 Å². The van der Waals surface area contributed by atoms with E-state index in [1.165, 1.54) is 18.4 Å². The van der Waals surface area contributed by atoms with E-state index in [0.29, 0.717) is 0 Å². The second-order valence-electron chi connectivity index (χ2n) is 4.86. The van der Waals surface area contributed by atoms with Gasteiger partial charge in [0.1, 0.15) is 0 Å². The minimum Gasteiger partial charge on any atom is -0.310 e. The molecule has 0 aromatic carbocycles. The molecule has 1 saturated carbocycles. The van der Waals surface area contributed by atoms with E-state index in [0.717, 1.165) is 29.3 Å². The van der Waals surface area contributed by atoms with E-state index in [9.17, 15) is 0 Å².